The van der Waals surface area contributed by atoms with Crippen molar-refractivity contribution in [3.05, 3.63) is 56.6 Å². The van der Waals surface area contributed by atoms with Gasteiger partial charge in [-0.2, -0.15) is 0 Å². The van der Waals surface area contributed by atoms with Crippen LogP contribution in [0.15, 0.2) is 36.4 Å². The molecule has 2 N–H and O–H groups in total. The summed E-state index contributed by atoms with van der Waals surface area (Å²) in [7, 11) is 0. The molecule has 10 heteroatoms. The van der Waals surface area contributed by atoms with Gasteiger partial charge in [-0.25, -0.2) is 4.98 Å². The monoisotopic (exact) mass is 413 g/mol. The van der Waals surface area contributed by atoms with E-state index in [9.17, 15) is 15.2 Å². The Hall–Kier alpha value is -2.13. The number of nitro benzene ring substituents is 1. The van der Waals surface area contributed by atoms with E-state index >= 15 is 0 Å². The van der Waals surface area contributed by atoms with Gasteiger partial charge in [-0.15, -0.1) is 0 Å². The fraction of sp³-hybridized carbons (Fsp3) is 0.188. The van der Waals surface area contributed by atoms with Crippen molar-refractivity contribution in [2.45, 2.75) is 6.10 Å². The van der Waals surface area contributed by atoms with E-state index in [1.54, 1.807) is 24.3 Å². The standard InChI is InChI=1S/C16H13Cl2N3O4S/c17-11-2-1-3-13(15(11)18)25-8-10(22)7-19-16-20-12-5-4-9(21(23)24)6-14(12)26-16/h1-6,10,22H,7-8H2,(H,19,20). The molecule has 3 aromatic rings. The van der Waals surface area contributed by atoms with Crippen LogP contribution in [0.5, 0.6) is 5.75 Å². The summed E-state index contributed by atoms with van der Waals surface area (Å²) in [5, 5.41) is 25.1. The number of hydrogen-bond donors (Lipinski definition) is 2. The van der Waals surface area contributed by atoms with Gasteiger partial charge in [0.05, 0.1) is 20.2 Å². The summed E-state index contributed by atoms with van der Waals surface area (Å²) in [6.07, 6.45) is -0.814. The average Bonchev–Trinajstić information content (AvgIpc) is 3.03. The Morgan fingerprint density at radius 1 is 1.35 bits per heavy atom. The van der Waals surface area contributed by atoms with Gasteiger partial charge < -0.3 is 15.2 Å². The third-order valence-electron chi connectivity index (χ3n) is 3.42. The summed E-state index contributed by atoms with van der Waals surface area (Å²) in [6.45, 7) is 0.212. The molecule has 2 aromatic carbocycles. The van der Waals surface area contributed by atoms with Crippen molar-refractivity contribution < 1.29 is 14.8 Å². The SMILES string of the molecule is O=[N+]([O-])c1ccc2nc(NCC(O)COc3cccc(Cl)c3Cl)sc2c1. The Kier molecular flexibility index (Phi) is 5.77. The van der Waals surface area contributed by atoms with E-state index in [2.05, 4.69) is 10.3 Å². The zero-order valence-corrected chi connectivity index (χ0v) is 15.5. The largest absolute Gasteiger partial charge is 0.489 e. The van der Waals surface area contributed by atoms with Crippen molar-refractivity contribution in [1.29, 1.82) is 0 Å². The zero-order chi connectivity index (χ0) is 18.7. The summed E-state index contributed by atoms with van der Waals surface area (Å²) < 4.78 is 6.16. The minimum Gasteiger partial charge on any atom is -0.489 e. The van der Waals surface area contributed by atoms with Gasteiger partial charge in [0.15, 0.2) is 5.13 Å². The molecule has 0 aliphatic carbocycles. The molecule has 1 unspecified atom stereocenters. The van der Waals surface area contributed by atoms with Gasteiger partial charge in [-0.1, -0.05) is 40.6 Å². The van der Waals surface area contributed by atoms with Crippen LogP contribution in [0.3, 0.4) is 0 Å². The molecule has 26 heavy (non-hydrogen) atoms. The molecular weight excluding hydrogens is 401 g/mol. The summed E-state index contributed by atoms with van der Waals surface area (Å²) in [4.78, 5) is 14.7. The molecule has 0 fully saturated rings. The zero-order valence-electron chi connectivity index (χ0n) is 13.2. The molecule has 0 saturated heterocycles. The Labute approximate surface area is 162 Å². The molecule has 0 radical (unpaired) electrons. The van der Waals surface area contributed by atoms with E-state index in [1.807, 2.05) is 0 Å². The topological polar surface area (TPSA) is 97.5 Å². The second-order valence-electron chi connectivity index (χ2n) is 5.33. The summed E-state index contributed by atoms with van der Waals surface area (Å²) in [5.74, 6) is 0.394. The molecule has 0 aliphatic rings. The number of aliphatic hydroxyl groups excluding tert-OH is 1. The second-order valence-corrected chi connectivity index (χ2v) is 7.14. The average molecular weight is 414 g/mol. The van der Waals surface area contributed by atoms with Crippen molar-refractivity contribution >= 4 is 55.6 Å². The van der Waals surface area contributed by atoms with E-state index in [4.69, 9.17) is 27.9 Å². The van der Waals surface area contributed by atoms with Crippen LogP contribution in [0.2, 0.25) is 10.0 Å². The van der Waals surface area contributed by atoms with Crippen LogP contribution in [0.4, 0.5) is 10.8 Å². The van der Waals surface area contributed by atoms with Crippen LogP contribution in [-0.2, 0) is 0 Å². The first-order valence-electron chi connectivity index (χ1n) is 7.48. The number of fused-ring (bicyclic) bond motifs is 1. The van der Waals surface area contributed by atoms with E-state index in [0.29, 0.717) is 31.1 Å². The minimum atomic E-state index is -0.814. The predicted octanol–water partition coefficient (Wildman–Crippen LogP) is 4.36. The highest BCUT2D eigenvalue weighted by atomic mass is 35.5. The molecule has 0 spiro atoms. The van der Waals surface area contributed by atoms with Crippen LogP contribution in [-0.4, -0.2) is 34.3 Å². The Morgan fingerprint density at radius 2 is 2.15 bits per heavy atom. The van der Waals surface area contributed by atoms with Crippen molar-refractivity contribution in [2.75, 3.05) is 18.5 Å². The van der Waals surface area contributed by atoms with Crippen LogP contribution >= 0.6 is 34.5 Å². The van der Waals surface area contributed by atoms with Crippen LogP contribution in [0, 0.1) is 10.1 Å². The normalized spacial score (nSPS) is 12.1. The first-order chi connectivity index (χ1) is 12.4. The van der Waals surface area contributed by atoms with Gasteiger partial charge in [-0.3, -0.25) is 10.1 Å². The number of halogens is 2. The lowest BCUT2D eigenvalue weighted by Crippen LogP contribution is -2.26. The third-order valence-corrected chi connectivity index (χ3v) is 5.20. The second kappa shape index (κ2) is 8.05. The van der Waals surface area contributed by atoms with Gasteiger partial charge in [0.1, 0.15) is 23.5 Å². The van der Waals surface area contributed by atoms with Gasteiger partial charge >= 0.3 is 0 Å². The van der Waals surface area contributed by atoms with E-state index < -0.39 is 11.0 Å². The van der Waals surface area contributed by atoms with Gasteiger partial charge in [-0.05, 0) is 18.2 Å². The highest BCUT2D eigenvalue weighted by Crippen LogP contribution is 2.32. The number of rotatable bonds is 7. The maximum absolute atomic E-state index is 10.8. The number of thiazole rings is 1. The lowest BCUT2D eigenvalue weighted by Gasteiger charge is -2.14. The lowest BCUT2D eigenvalue weighted by molar-refractivity contribution is -0.384. The van der Waals surface area contributed by atoms with Crippen LogP contribution < -0.4 is 10.1 Å². The molecule has 136 valence electrons. The molecule has 0 amide bonds. The first kappa shape index (κ1) is 18.7. The van der Waals surface area contributed by atoms with E-state index in [1.165, 1.54) is 23.5 Å². The predicted molar refractivity (Wildman–Crippen MR) is 103 cm³/mol. The Bertz CT molecular complexity index is 950. The van der Waals surface area contributed by atoms with E-state index in [0.717, 1.165) is 0 Å². The molecule has 1 atom stereocenters. The number of benzene rings is 2. The maximum Gasteiger partial charge on any atom is 0.270 e. The van der Waals surface area contributed by atoms with Crippen molar-refractivity contribution in [2.24, 2.45) is 0 Å². The van der Waals surface area contributed by atoms with Gasteiger partial charge in [0, 0.05) is 18.7 Å². The van der Waals surface area contributed by atoms with Gasteiger partial charge in [0.25, 0.3) is 5.69 Å². The summed E-state index contributed by atoms with van der Waals surface area (Å²) in [6, 6.07) is 9.48. The molecular formula is C16H13Cl2N3O4S. The Balaban J connectivity index is 1.57. The third kappa shape index (κ3) is 4.34. The number of anilines is 1. The van der Waals surface area contributed by atoms with Crippen molar-refractivity contribution in [3.63, 3.8) is 0 Å². The van der Waals surface area contributed by atoms with Crippen LogP contribution in [0.1, 0.15) is 0 Å². The smallest absolute Gasteiger partial charge is 0.270 e. The molecule has 7 nitrogen and oxygen atoms in total. The fourth-order valence-electron chi connectivity index (χ4n) is 2.15. The van der Waals surface area contributed by atoms with Crippen LogP contribution in [0.25, 0.3) is 10.2 Å². The summed E-state index contributed by atoms with van der Waals surface area (Å²) in [5.41, 5.74) is 0.666. The highest BCUT2D eigenvalue weighted by molar-refractivity contribution is 7.22. The fourth-order valence-corrected chi connectivity index (χ4v) is 3.40. The maximum atomic E-state index is 10.8. The molecule has 1 heterocycles. The molecule has 3 rings (SSSR count). The van der Waals surface area contributed by atoms with Crippen molar-refractivity contribution in [1.82, 2.24) is 4.98 Å². The molecule has 1 aromatic heterocycles. The number of aliphatic hydroxyl groups is 1. The molecule has 0 saturated carbocycles. The number of hydrogen-bond acceptors (Lipinski definition) is 7. The number of nitrogens with one attached hydrogen (secondary N) is 1. The quantitative estimate of drug-likeness (QED) is 0.440. The number of aromatic nitrogens is 1. The number of non-ortho nitro benzene ring substituents is 1. The lowest BCUT2D eigenvalue weighted by atomic mass is 10.3. The van der Waals surface area contributed by atoms with Crippen molar-refractivity contribution in [3.8, 4) is 5.75 Å². The number of nitrogens with zero attached hydrogens (tertiary/aromatic N) is 2. The molecule has 0 aliphatic heterocycles. The number of nitro groups is 1. The Morgan fingerprint density at radius 3 is 2.92 bits per heavy atom. The first-order valence-corrected chi connectivity index (χ1v) is 9.05. The molecule has 0 bridgehead atoms. The van der Waals surface area contributed by atoms with E-state index in [-0.39, 0.29) is 18.8 Å². The minimum absolute atomic E-state index is 0.0135. The summed E-state index contributed by atoms with van der Waals surface area (Å²) >= 11 is 13.2. The van der Waals surface area contributed by atoms with Gasteiger partial charge in [0.2, 0.25) is 0 Å². The highest BCUT2D eigenvalue weighted by Gasteiger charge is 2.12. The number of ether oxygens (including phenoxy) is 1.